The predicted octanol–water partition coefficient (Wildman–Crippen LogP) is 2.40. The fourth-order valence-electron chi connectivity index (χ4n) is 3.33. The van der Waals surface area contributed by atoms with Gasteiger partial charge in [0.15, 0.2) is 0 Å². The normalized spacial score (nSPS) is 20.1. The zero-order valence-electron chi connectivity index (χ0n) is 13.7. The summed E-state index contributed by atoms with van der Waals surface area (Å²) < 4.78 is 1.85. The Hall–Kier alpha value is -2.86. The molecule has 0 saturated carbocycles. The van der Waals surface area contributed by atoms with Crippen molar-refractivity contribution >= 4 is 17.4 Å². The number of pyridine rings is 1. The molecule has 6 heteroatoms. The number of anilines is 1. The summed E-state index contributed by atoms with van der Waals surface area (Å²) in [6, 6.07) is 13.6. The van der Waals surface area contributed by atoms with Crippen LogP contribution in [0.5, 0.6) is 0 Å². The number of carbonyl (C=O) groups is 1. The monoisotopic (exact) mass is 336 g/mol. The van der Waals surface area contributed by atoms with Crippen LogP contribution in [-0.2, 0) is 6.42 Å². The van der Waals surface area contributed by atoms with Crippen LogP contribution in [0.3, 0.4) is 0 Å². The topological polar surface area (TPSA) is 69.9 Å². The first-order chi connectivity index (χ1) is 12.2. The summed E-state index contributed by atoms with van der Waals surface area (Å²) in [6.07, 6.45) is 5.65. The lowest BCUT2D eigenvalue weighted by atomic mass is 9.97. The van der Waals surface area contributed by atoms with Gasteiger partial charge < -0.3 is 19.7 Å². The Labute approximate surface area is 145 Å². The first kappa shape index (κ1) is 15.7. The molecule has 0 spiro atoms. The highest BCUT2D eigenvalue weighted by atomic mass is 16.3. The van der Waals surface area contributed by atoms with E-state index in [4.69, 9.17) is 0 Å². The van der Waals surface area contributed by atoms with Crippen molar-refractivity contribution in [3.05, 3.63) is 66.6 Å². The number of aromatic nitrogens is 2. The first-order valence-corrected chi connectivity index (χ1v) is 8.40. The molecule has 1 aliphatic rings. The molecule has 0 bridgehead atoms. The minimum atomic E-state index is -0.498. The third-order valence-electron chi connectivity index (χ3n) is 4.67. The van der Waals surface area contributed by atoms with Gasteiger partial charge in [0.2, 0.25) is 0 Å². The number of β-amino-alcohol motifs (C(OH)–C–C–N with tert-alkyl or cyclic N) is 1. The maximum Gasteiger partial charge on any atom is 0.321 e. The zero-order valence-corrected chi connectivity index (χ0v) is 13.7. The maximum absolute atomic E-state index is 12.5. The second kappa shape index (κ2) is 6.57. The number of hydrogen-bond donors (Lipinski definition) is 2. The van der Waals surface area contributed by atoms with Gasteiger partial charge in [-0.2, -0.15) is 0 Å². The molecule has 1 saturated heterocycles. The lowest BCUT2D eigenvalue weighted by molar-refractivity contribution is 0.143. The number of nitrogens with zero attached hydrogens (tertiary/aromatic N) is 3. The standard InChI is InChI=1S/C19H20N4O2/c24-17-13-23(11-15(17)10-14-4-2-1-3-5-14)19(25)21-16-6-7-18-20-8-9-22(18)12-16/h1-9,12,15,17,24H,10-11,13H2,(H,21,25)/t15-,17-/m1/s1. The van der Waals surface area contributed by atoms with Crippen LogP contribution in [0.1, 0.15) is 5.56 Å². The number of aliphatic hydroxyl groups excluding tert-OH is 1. The van der Waals surface area contributed by atoms with Gasteiger partial charge in [-0.05, 0) is 24.1 Å². The number of aliphatic hydroxyl groups is 1. The van der Waals surface area contributed by atoms with Crippen molar-refractivity contribution in [3.63, 3.8) is 0 Å². The lowest BCUT2D eigenvalue weighted by Crippen LogP contribution is -2.33. The summed E-state index contributed by atoms with van der Waals surface area (Å²) in [6.45, 7) is 0.909. The van der Waals surface area contributed by atoms with Gasteiger partial charge in [-0.15, -0.1) is 0 Å². The molecule has 1 aromatic carbocycles. The highest BCUT2D eigenvalue weighted by molar-refractivity contribution is 5.89. The Morgan fingerprint density at radius 1 is 1.20 bits per heavy atom. The van der Waals surface area contributed by atoms with Gasteiger partial charge >= 0.3 is 6.03 Å². The SMILES string of the molecule is O=C(Nc1ccc2nccn2c1)N1C[C@@H](Cc2ccccc2)[C@H](O)C1. The maximum atomic E-state index is 12.5. The number of likely N-dealkylation sites (tertiary alicyclic amines) is 1. The van der Waals surface area contributed by atoms with E-state index in [1.165, 1.54) is 5.56 Å². The fraction of sp³-hybridized carbons (Fsp3) is 0.263. The zero-order chi connectivity index (χ0) is 17.2. The number of rotatable bonds is 3. The van der Waals surface area contributed by atoms with Crippen LogP contribution < -0.4 is 5.32 Å². The van der Waals surface area contributed by atoms with Gasteiger partial charge in [-0.3, -0.25) is 0 Å². The molecule has 3 aromatic rings. The van der Waals surface area contributed by atoms with E-state index < -0.39 is 6.10 Å². The highest BCUT2D eigenvalue weighted by Crippen LogP contribution is 2.22. The van der Waals surface area contributed by atoms with Crippen molar-refractivity contribution in [2.45, 2.75) is 12.5 Å². The molecule has 0 aliphatic carbocycles. The molecule has 128 valence electrons. The minimum Gasteiger partial charge on any atom is -0.391 e. The molecule has 2 atom stereocenters. The molecule has 25 heavy (non-hydrogen) atoms. The first-order valence-electron chi connectivity index (χ1n) is 8.40. The summed E-state index contributed by atoms with van der Waals surface area (Å²) in [5.41, 5.74) is 2.72. The average Bonchev–Trinajstić information content (AvgIpc) is 3.22. The number of amides is 2. The van der Waals surface area contributed by atoms with E-state index in [1.54, 1.807) is 11.1 Å². The van der Waals surface area contributed by atoms with E-state index in [0.717, 1.165) is 12.1 Å². The smallest absolute Gasteiger partial charge is 0.321 e. The number of benzene rings is 1. The van der Waals surface area contributed by atoms with Crippen molar-refractivity contribution < 1.29 is 9.90 Å². The number of carbonyl (C=O) groups excluding carboxylic acids is 1. The Morgan fingerprint density at radius 3 is 2.88 bits per heavy atom. The van der Waals surface area contributed by atoms with Crippen LogP contribution in [0.15, 0.2) is 61.1 Å². The van der Waals surface area contributed by atoms with E-state index in [-0.39, 0.29) is 11.9 Å². The Morgan fingerprint density at radius 2 is 2.04 bits per heavy atom. The van der Waals surface area contributed by atoms with E-state index in [0.29, 0.717) is 18.8 Å². The van der Waals surface area contributed by atoms with E-state index in [2.05, 4.69) is 22.4 Å². The molecule has 1 aliphatic heterocycles. The van der Waals surface area contributed by atoms with Crippen LogP contribution in [0.2, 0.25) is 0 Å². The molecule has 6 nitrogen and oxygen atoms in total. The number of imidazole rings is 1. The number of nitrogens with one attached hydrogen (secondary N) is 1. The van der Waals surface area contributed by atoms with Crippen LogP contribution in [0.25, 0.3) is 5.65 Å². The molecule has 2 N–H and O–H groups in total. The van der Waals surface area contributed by atoms with Crippen molar-refractivity contribution in [2.75, 3.05) is 18.4 Å². The van der Waals surface area contributed by atoms with Crippen LogP contribution >= 0.6 is 0 Å². The van der Waals surface area contributed by atoms with Gasteiger partial charge in [0.1, 0.15) is 5.65 Å². The summed E-state index contributed by atoms with van der Waals surface area (Å²) in [5, 5.41) is 13.2. The molecule has 4 rings (SSSR count). The number of hydrogen-bond acceptors (Lipinski definition) is 3. The molecule has 0 radical (unpaired) electrons. The largest absolute Gasteiger partial charge is 0.391 e. The molecule has 2 aromatic heterocycles. The number of fused-ring (bicyclic) bond motifs is 1. The summed E-state index contributed by atoms with van der Waals surface area (Å²) >= 11 is 0. The highest BCUT2D eigenvalue weighted by Gasteiger charge is 2.34. The number of urea groups is 1. The van der Waals surface area contributed by atoms with Crippen molar-refractivity contribution in [2.24, 2.45) is 5.92 Å². The van der Waals surface area contributed by atoms with Crippen molar-refractivity contribution in [1.82, 2.24) is 14.3 Å². The lowest BCUT2D eigenvalue weighted by Gasteiger charge is -2.17. The summed E-state index contributed by atoms with van der Waals surface area (Å²) in [5.74, 6) is 0.0595. The molecule has 0 unspecified atom stereocenters. The van der Waals surface area contributed by atoms with Gasteiger partial charge in [0.25, 0.3) is 0 Å². The molecular formula is C19H20N4O2. The Bertz CT molecular complexity index is 877. The third-order valence-corrected chi connectivity index (χ3v) is 4.67. The molecule has 1 fully saturated rings. The Kier molecular flexibility index (Phi) is 4.11. The minimum absolute atomic E-state index is 0.0595. The van der Waals surface area contributed by atoms with E-state index in [9.17, 15) is 9.90 Å². The van der Waals surface area contributed by atoms with Gasteiger partial charge in [-0.1, -0.05) is 30.3 Å². The fourth-order valence-corrected chi connectivity index (χ4v) is 3.33. The Balaban J connectivity index is 1.40. The van der Waals surface area contributed by atoms with Gasteiger partial charge in [0.05, 0.1) is 11.8 Å². The third kappa shape index (κ3) is 3.34. The molecule has 2 amide bonds. The second-order valence-electron chi connectivity index (χ2n) is 6.46. The summed E-state index contributed by atoms with van der Waals surface area (Å²) in [4.78, 5) is 18.4. The van der Waals surface area contributed by atoms with Crippen molar-refractivity contribution in [1.29, 1.82) is 0 Å². The molecular weight excluding hydrogens is 316 g/mol. The van der Waals surface area contributed by atoms with E-state index in [1.807, 2.05) is 47.1 Å². The van der Waals surface area contributed by atoms with Crippen LogP contribution in [0, 0.1) is 5.92 Å². The molecule has 3 heterocycles. The quantitative estimate of drug-likeness (QED) is 0.772. The van der Waals surface area contributed by atoms with Gasteiger partial charge in [-0.25, -0.2) is 9.78 Å². The van der Waals surface area contributed by atoms with Crippen molar-refractivity contribution in [3.8, 4) is 0 Å². The average molecular weight is 336 g/mol. The van der Waals surface area contributed by atoms with Crippen LogP contribution in [0.4, 0.5) is 10.5 Å². The second-order valence-corrected chi connectivity index (χ2v) is 6.46. The predicted molar refractivity (Wildman–Crippen MR) is 95.4 cm³/mol. The van der Waals surface area contributed by atoms with E-state index >= 15 is 0 Å². The van der Waals surface area contributed by atoms with Gasteiger partial charge in [0, 0.05) is 37.6 Å². The summed E-state index contributed by atoms with van der Waals surface area (Å²) in [7, 11) is 0. The van der Waals surface area contributed by atoms with Crippen LogP contribution in [-0.4, -0.2) is 44.6 Å².